The van der Waals surface area contributed by atoms with Crippen LogP contribution in [0.15, 0.2) is 42.5 Å². The minimum absolute atomic E-state index is 0.335. The van der Waals surface area contributed by atoms with Gasteiger partial charge in [0, 0.05) is 12.1 Å². The van der Waals surface area contributed by atoms with Gasteiger partial charge in [0.05, 0.1) is 11.8 Å². The largest absolute Gasteiger partial charge is 0.454 e. The van der Waals surface area contributed by atoms with Crippen LogP contribution in [0, 0.1) is 11.8 Å². The molecule has 0 spiro atoms. The van der Waals surface area contributed by atoms with Crippen LogP contribution in [0.2, 0.25) is 0 Å². The van der Waals surface area contributed by atoms with Crippen molar-refractivity contribution >= 4 is 23.7 Å². The number of hydrogen-bond acceptors (Lipinski definition) is 5. The van der Waals surface area contributed by atoms with Crippen molar-refractivity contribution in [2.75, 3.05) is 13.2 Å². The van der Waals surface area contributed by atoms with Crippen LogP contribution < -0.4 is 0 Å². The minimum atomic E-state index is -0.759. The summed E-state index contributed by atoms with van der Waals surface area (Å²) in [5.74, 6) is -2.55. The minimum Gasteiger partial charge on any atom is -0.454 e. The van der Waals surface area contributed by atoms with Crippen LogP contribution in [0.1, 0.15) is 39.2 Å². The van der Waals surface area contributed by atoms with E-state index in [9.17, 15) is 19.2 Å². The molecule has 7 nitrogen and oxygen atoms in total. The monoisotopic (exact) mass is 412 g/mol. The third-order valence-corrected chi connectivity index (χ3v) is 5.54. The van der Waals surface area contributed by atoms with E-state index in [2.05, 4.69) is 0 Å². The molecular formula is C23H28N2O5. The van der Waals surface area contributed by atoms with Gasteiger partial charge in [0.15, 0.2) is 6.61 Å². The number of amides is 3. The quantitative estimate of drug-likeness (QED) is 0.407. The van der Waals surface area contributed by atoms with Crippen LogP contribution in [-0.4, -0.2) is 52.2 Å². The molecule has 1 heterocycles. The Morgan fingerprint density at radius 2 is 1.60 bits per heavy atom. The first kappa shape index (κ1) is 21.7. The van der Waals surface area contributed by atoms with Gasteiger partial charge in [0.1, 0.15) is 6.54 Å². The summed E-state index contributed by atoms with van der Waals surface area (Å²) in [6, 6.07) is 9.56. The van der Waals surface area contributed by atoms with Crippen LogP contribution in [0.5, 0.6) is 0 Å². The van der Waals surface area contributed by atoms with Crippen molar-refractivity contribution < 1.29 is 23.9 Å². The molecule has 1 aliphatic heterocycles. The number of likely N-dealkylation sites (tertiary alicyclic amines) is 1. The highest BCUT2D eigenvalue weighted by Crippen LogP contribution is 2.34. The molecule has 3 amide bonds. The fourth-order valence-electron chi connectivity index (χ4n) is 3.89. The summed E-state index contributed by atoms with van der Waals surface area (Å²) in [7, 11) is 0. The SMILES string of the molecule is CC(C)(C)N(Cc1ccccc1)C(=O)COC(=O)CN1C(=O)[C@H]2CC=CC[C@@H]2C1=O. The number of nitrogens with zero attached hydrogens (tertiary/aromatic N) is 2. The second kappa shape index (κ2) is 8.81. The van der Waals surface area contributed by atoms with Crippen molar-refractivity contribution in [3.05, 3.63) is 48.0 Å². The molecule has 3 rings (SSSR count). The maximum Gasteiger partial charge on any atom is 0.326 e. The van der Waals surface area contributed by atoms with Crippen molar-refractivity contribution in [3.8, 4) is 0 Å². The molecule has 2 atom stereocenters. The molecule has 0 aromatic heterocycles. The van der Waals surface area contributed by atoms with Crippen LogP contribution in [0.3, 0.4) is 0 Å². The summed E-state index contributed by atoms with van der Waals surface area (Å²) in [4.78, 5) is 52.6. The van der Waals surface area contributed by atoms with E-state index in [1.54, 1.807) is 4.90 Å². The van der Waals surface area contributed by atoms with E-state index in [1.165, 1.54) is 0 Å². The van der Waals surface area contributed by atoms with Crippen LogP contribution in [-0.2, 0) is 30.5 Å². The molecule has 1 aliphatic carbocycles. The molecule has 0 unspecified atom stereocenters. The normalized spacial score (nSPS) is 20.8. The highest BCUT2D eigenvalue weighted by Gasteiger charge is 2.47. The highest BCUT2D eigenvalue weighted by atomic mass is 16.5. The fourth-order valence-corrected chi connectivity index (χ4v) is 3.89. The number of esters is 1. The van der Waals surface area contributed by atoms with Crippen molar-refractivity contribution in [3.63, 3.8) is 0 Å². The standard InChI is InChI=1S/C23H28N2O5/c1-23(2,3)25(13-16-9-5-4-6-10-16)19(26)15-30-20(27)14-24-21(28)17-11-7-8-12-18(17)22(24)29/h4-10,17-18H,11-15H2,1-3H3/t17-,18-/m0/s1. The molecule has 1 fully saturated rings. The summed E-state index contributed by atoms with van der Waals surface area (Å²) in [6.07, 6.45) is 4.81. The van der Waals surface area contributed by atoms with Crippen LogP contribution in [0.4, 0.5) is 0 Å². The summed E-state index contributed by atoms with van der Waals surface area (Å²) in [5, 5.41) is 0. The van der Waals surface area contributed by atoms with Crippen LogP contribution in [0.25, 0.3) is 0 Å². The van der Waals surface area contributed by atoms with Gasteiger partial charge in [-0.05, 0) is 39.2 Å². The average Bonchev–Trinajstić information content (AvgIpc) is 2.95. The number of ether oxygens (including phenoxy) is 1. The van der Waals surface area contributed by atoms with Gasteiger partial charge in [-0.25, -0.2) is 0 Å². The number of allylic oxidation sites excluding steroid dienone is 2. The van der Waals surface area contributed by atoms with Gasteiger partial charge >= 0.3 is 5.97 Å². The number of fused-ring (bicyclic) bond motifs is 1. The van der Waals surface area contributed by atoms with Gasteiger partial charge in [-0.1, -0.05) is 42.5 Å². The summed E-state index contributed by atoms with van der Waals surface area (Å²) in [5.41, 5.74) is 0.500. The fraction of sp³-hybridized carbons (Fsp3) is 0.478. The summed E-state index contributed by atoms with van der Waals surface area (Å²) < 4.78 is 5.14. The predicted molar refractivity (Wildman–Crippen MR) is 110 cm³/mol. The van der Waals surface area contributed by atoms with E-state index in [4.69, 9.17) is 4.74 Å². The second-order valence-electron chi connectivity index (χ2n) is 8.72. The zero-order valence-corrected chi connectivity index (χ0v) is 17.7. The first-order chi connectivity index (χ1) is 14.2. The smallest absolute Gasteiger partial charge is 0.326 e. The van der Waals surface area contributed by atoms with Crippen LogP contribution >= 0.6 is 0 Å². The molecular weight excluding hydrogens is 384 g/mol. The van der Waals surface area contributed by atoms with Gasteiger partial charge in [0.2, 0.25) is 11.8 Å². The lowest BCUT2D eigenvalue weighted by molar-refractivity contribution is -0.158. The van der Waals surface area contributed by atoms with E-state index < -0.39 is 24.7 Å². The number of hydrogen-bond donors (Lipinski definition) is 0. The Morgan fingerprint density at radius 3 is 2.13 bits per heavy atom. The average molecular weight is 412 g/mol. The molecule has 1 saturated heterocycles. The number of benzene rings is 1. The van der Waals surface area contributed by atoms with Gasteiger partial charge in [-0.2, -0.15) is 0 Å². The Morgan fingerprint density at radius 1 is 1.03 bits per heavy atom. The Bertz CT molecular complexity index is 830. The molecule has 0 bridgehead atoms. The summed E-state index contributed by atoms with van der Waals surface area (Å²) in [6.45, 7) is 5.23. The molecule has 160 valence electrons. The zero-order valence-electron chi connectivity index (χ0n) is 17.7. The second-order valence-corrected chi connectivity index (χ2v) is 8.72. The van der Waals surface area contributed by atoms with Gasteiger partial charge in [0.25, 0.3) is 5.91 Å². The predicted octanol–water partition coefficient (Wildman–Crippen LogP) is 2.31. The molecule has 1 aromatic carbocycles. The van der Waals surface area contributed by atoms with Gasteiger partial charge in [-0.15, -0.1) is 0 Å². The topological polar surface area (TPSA) is 84.0 Å². The zero-order chi connectivity index (χ0) is 21.9. The lowest BCUT2D eigenvalue weighted by atomic mass is 9.85. The van der Waals surface area contributed by atoms with E-state index in [0.29, 0.717) is 19.4 Å². The Balaban J connectivity index is 1.57. The third-order valence-electron chi connectivity index (χ3n) is 5.54. The number of carbonyl (C=O) groups excluding carboxylic acids is 4. The first-order valence-corrected chi connectivity index (χ1v) is 10.2. The molecule has 30 heavy (non-hydrogen) atoms. The Hall–Kier alpha value is -2.96. The molecule has 7 heteroatoms. The van der Waals surface area contributed by atoms with Gasteiger partial charge in [-0.3, -0.25) is 24.1 Å². The molecule has 0 N–H and O–H groups in total. The van der Waals surface area contributed by atoms with Crippen molar-refractivity contribution in [1.82, 2.24) is 9.80 Å². The van der Waals surface area contributed by atoms with Crippen molar-refractivity contribution in [1.29, 1.82) is 0 Å². The number of carbonyl (C=O) groups is 4. The van der Waals surface area contributed by atoms with Gasteiger partial charge < -0.3 is 9.64 Å². The maximum atomic E-state index is 12.8. The molecule has 0 radical (unpaired) electrons. The number of imide groups is 1. The summed E-state index contributed by atoms with van der Waals surface area (Å²) >= 11 is 0. The van der Waals surface area contributed by atoms with E-state index in [1.807, 2.05) is 63.3 Å². The van der Waals surface area contributed by atoms with E-state index in [-0.39, 0.29) is 29.6 Å². The Labute approximate surface area is 176 Å². The molecule has 2 aliphatic rings. The third kappa shape index (κ3) is 4.78. The van der Waals surface area contributed by atoms with Crippen molar-refractivity contribution in [2.45, 2.75) is 45.7 Å². The lowest BCUT2D eigenvalue weighted by Crippen LogP contribution is -2.47. The Kier molecular flexibility index (Phi) is 6.39. The van der Waals surface area contributed by atoms with E-state index in [0.717, 1.165) is 10.5 Å². The molecule has 0 saturated carbocycles. The highest BCUT2D eigenvalue weighted by molar-refractivity contribution is 6.07. The molecule has 1 aromatic rings. The first-order valence-electron chi connectivity index (χ1n) is 10.2. The maximum absolute atomic E-state index is 12.8. The number of rotatable bonds is 6. The van der Waals surface area contributed by atoms with E-state index >= 15 is 0 Å². The lowest BCUT2D eigenvalue weighted by Gasteiger charge is -2.35. The van der Waals surface area contributed by atoms with Crippen molar-refractivity contribution in [2.24, 2.45) is 11.8 Å².